The Bertz CT molecular complexity index is 462. The van der Waals surface area contributed by atoms with Gasteiger partial charge in [0.25, 0.3) is 0 Å². The van der Waals surface area contributed by atoms with Gasteiger partial charge in [0.2, 0.25) is 11.9 Å². The number of nitrogen functional groups attached to an aromatic ring is 1. The lowest BCUT2D eigenvalue weighted by atomic mass is 9.92. The second-order valence-corrected chi connectivity index (χ2v) is 4.91. The van der Waals surface area contributed by atoms with E-state index < -0.39 is 0 Å². The van der Waals surface area contributed by atoms with Crippen LogP contribution >= 0.6 is 0 Å². The predicted octanol–water partition coefficient (Wildman–Crippen LogP) is 0.457. The third kappa shape index (κ3) is 2.37. The SMILES string of the molecule is Cc1cnc(N)nc1N1CC(C(N)=O)CCC1C. The molecule has 6 heteroatoms. The van der Waals surface area contributed by atoms with Crippen LogP contribution in [-0.4, -0.2) is 28.5 Å². The molecule has 2 unspecified atom stereocenters. The molecule has 4 N–H and O–H groups in total. The second-order valence-electron chi connectivity index (χ2n) is 4.91. The molecule has 0 bridgehead atoms. The van der Waals surface area contributed by atoms with Crippen LogP contribution in [0.15, 0.2) is 6.20 Å². The molecule has 2 rings (SSSR count). The zero-order valence-corrected chi connectivity index (χ0v) is 10.8. The van der Waals surface area contributed by atoms with E-state index in [0.29, 0.717) is 12.6 Å². The molecule has 98 valence electrons. The van der Waals surface area contributed by atoms with Crippen LogP contribution in [0.4, 0.5) is 11.8 Å². The summed E-state index contributed by atoms with van der Waals surface area (Å²) in [7, 11) is 0. The molecule has 6 nitrogen and oxygen atoms in total. The number of aromatic nitrogens is 2. The summed E-state index contributed by atoms with van der Waals surface area (Å²) < 4.78 is 0. The van der Waals surface area contributed by atoms with E-state index in [0.717, 1.165) is 24.2 Å². The van der Waals surface area contributed by atoms with Crippen LogP contribution < -0.4 is 16.4 Å². The van der Waals surface area contributed by atoms with Crippen molar-refractivity contribution in [2.45, 2.75) is 32.7 Å². The lowest BCUT2D eigenvalue weighted by Crippen LogP contribution is -2.46. The van der Waals surface area contributed by atoms with Crippen LogP contribution in [0.25, 0.3) is 0 Å². The number of hydrogen-bond donors (Lipinski definition) is 2. The number of aryl methyl sites for hydroxylation is 1. The molecule has 2 heterocycles. The maximum atomic E-state index is 11.3. The molecule has 0 aromatic carbocycles. The van der Waals surface area contributed by atoms with Crippen LogP contribution in [-0.2, 0) is 4.79 Å². The summed E-state index contributed by atoms with van der Waals surface area (Å²) in [5, 5.41) is 0. The minimum absolute atomic E-state index is 0.114. The number of nitrogens with zero attached hydrogens (tertiary/aromatic N) is 3. The minimum Gasteiger partial charge on any atom is -0.369 e. The van der Waals surface area contributed by atoms with E-state index in [4.69, 9.17) is 11.5 Å². The summed E-state index contributed by atoms with van der Waals surface area (Å²) in [5.74, 6) is 0.702. The standard InChI is InChI=1S/C12H19N5O/c1-7-5-15-12(14)16-11(7)17-6-9(10(13)18)4-3-8(17)2/h5,8-9H,3-4,6H2,1-2H3,(H2,13,18)(H2,14,15,16). The van der Waals surface area contributed by atoms with Gasteiger partial charge < -0.3 is 16.4 Å². The van der Waals surface area contributed by atoms with Crippen molar-refractivity contribution in [1.29, 1.82) is 0 Å². The summed E-state index contributed by atoms with van der Waals surface area (Å²) in [6.07, 6.45) is 3.47. The highest BCUT2D eigenvalue weighted by molar-refractivity contribution is 5.77. The van der Waals surface area contributed by atoms with Crippen molar-refractivity contribution in [3.05, 3.63) is 11.8 Å². The molecule has 2 atom stereocenters. The molecule has 0 radical (unpaired) electrons. The molecular weight excluding hydrogens is 230 g/mol. The molecule has 1 aromatic heterocycles. The molecule has 18 heavy (non-hydrogen) atoms. The quantitative estimate of drug-likeness (QED) is 0.793. The highest BCUT2D eigenvalue weighted by Gasteiger charge is 2.30. The van der Waals surface area contributed by atoms with Gasteiger partial charge in [0, 0.05) is 24.3 Å². The van der Waals surface area contributed by atoms with E-state index in [2.05, 4.69) is 21.8 Å². The average molecular weight is 249 g/mol. The number of anilines is 2. The molecular formula is C12H19N5O. The van der Waals surface area contributed by atoms with Gasteiger partial charge in [-0.3, -0.25) is 4.79 Å². The monoisotopic (exact) mass is 249 g/mol. The van der Waals surface area contributed by atoms with Crippen molar-refractivity contribution in [2.24, 2.45) is 11.7 Å². The summed E-state index contributed by atoms with van der Waals surface area (Å²) in [6.45, 7) is 4.66. The fourth-order valence-electron chi connectivity index (χ4n) is 2.37. The zero-order valence-electron chi connectivity index (χ0n) is 10.8. The summed E-state index contributed by atoms with van der Waals surface area (Å²) in [4.78, 5) is 21.7. The topological polar surface area (TPSA) is 98.1 Å². The van der Waals surface area contributed by atoms with Gasteiger partial charge in [0.15, 0.2) is 0 Å². The molecule has 1 aliphatic rings. The van der Waals surface area contributed by atoms with Crippen molar-refractivity contribution in [3.63, 3.8) is 0 Å². The van der Waals surface area contributed by atoms with Crippen LogP contribution in [0.1, 0.15) is 25.3 Å². The van der Waals surface area contributed by atoms with E-state index in [1.165, 1.54) is 0 Å². The van der Waals surface area contributed by atoms with Gasteiger partial charge in [-0.1, -0.05) is 0 Å². The first kappa shape index (κ1) is 12.6. The first-order valence-electron chi connectivity index (χ1n) is 6.14. The molecule has 0 saturated carbocycles. The van der Waals surface area contributed by atoms with Gasteiger partial charge >= 0.3 is 0 Å². The van der Waals surface area contributed by atoms with Crippen molar-refractivity contribution in [2.75, 3.05) is 17.2 Å². The largest absolute Gasteiger partial charge is 0.369 e. The first-order valence-corrected chi connectivity index (χ1v) is 6.14. The van der Waals surface area contributed by atoms with Crippen molar-refractivity contribution >= 4 is 17.7 Å². The van der Waals surface area contributed by atoms with Gasteiger partial charge in [-0.25, -0.2) is 4.98 Å². The Hall–Kier alpha value is -1.85. The van der Waals surface area contributed by atoms with Crippen molar-refractivity contribution in [3.8, 4) is 0 Å². The van der Waals surface area contributed by atoms with Crippen LogP contribution in [0.5, 0.6) is 0 Å². The number of rotatable bonds is 2. The van der Waals surface area contributed by atoms with Crippen LogP contribution in [0.3, 0.4) is 0 Å². The number of primary amides is 1. The number of carbonyl (C=O) groups excluding carboxylic acids is 1. The number of amides is 1. The second kappa shape index (κ2) is 4.80. The zero-order chi connectivity index (χ0) is 13.3. The minimum atomic E-state index is -0.244. The third-order valence-corrected chi connectivity index (χ3v) is 3.52. The Morgan fingerprint density at radius 3 is 2.89 bits per heavy atom. The van der Waals surface area contributed by atoms with E-state index in [9.17, 15) is 4.79 Å². The van der Waals surface area contributed by atoms with Gasteiger partial charge in [-0.05, 0) is 26.7 Å². The Labute approximate surface area is 106 Å². The predicted molar refractivity (Wildman–Crippen MR) is 69.9 cm³/mol. The Morgan fingerprint density at radius 2 is 2.22 bits per heavy atom. The van der Waals surface area contributed by atoms with E-state index in [1.54, 1.807) is 6.20 Å². The van der Waals surface area contributed by atoms with Gasteiger partial charge in [0.05, 0.1) is 5.92 Å². The molecule has 0 spiro atoms. The van der Waals surface area contributed by atoms with E-state index in [-0.39, 0.29) is 17.8 Å². The number of carbonyl (C=O) groups is 1. The van der Waals surface area contributed by atoms with Crippen LogP contribution in [0.2, 0.25) is 0 Å². The lowest BCUT2D eigenvalue weighted by Gasteiger charge is -2.38. The summed E-state index contributed by atoms with van der Waals surface area (Å²) >= 11 is 0. The fraction of sp³-hybridized carbons (Fsp3) is 0.583. The fourth-order valence-corrected chi connectivity index (χ4v) is 2.37. The summed E-state index contributed by atoms with van der Waals surface area (Å²) in [5.41, 5.74) is 12.0. The van der Waals surface area contributed by atoms with Gasteiger partial charge in [-0.2, -0.15) is 4.98 Å². The lowest BCUT2D eigenvalue weighted by molar-refractivity contribution is -0.122. The molecule has 1 fully saturated rings. The van der Waals surface area contributed by atoms with Crippen molar-refractivity contribution in [1.82, 2.24) is 9.97 Å². The Morgan fingerprint density at radius 1 is 1.50 bits per heavy atom. The molecule has 1 aromatic rings. The van der Waals surface area contributed by atoms with E-state index >= 15 is 0 Å². The number of hydrogen-bond acceptors (Lipinski definition) is 5. The molecule has 1 amide bonds. The Kier molecular flexibility index (Phi) is 3.36. The van der Waals surface area contributed by atoms with Gasteiger partial charge in [0.1, 0.15) is 5.82 Å². The molecule has 1 aliphatic heterocycles. The van der Waals surface area contributed by atoms with Gasteiger partial charge in [-0.15, -0.1) is 0 Å². The highest BCUT2D eigenvalue weighted by atomic mass is 16.1. The summed E-state index contributed by atoms with van der Waals surface area (Å²) in [6, 6.07) is 0.327. The normalized spacial score (nSPS) is 24.0. The highest BCUT2D eigenvalue weighted by Crippen LogP contribution is 2.28. The van der Waals surface area contributed by atoms with Crippen LogP contribution in [0, 0.1) is 12.8 Å². The smallest absolute Gasteiger partial charge is 0.222 e. The maximum Gasteiger partial charge on any atom is 0.222 e. The molecule has 0 aliphatic carbocycles. The Balaban J connectivity index is 2.29. The number of piperidine rings is 1. The third-order valence-electron chi connectivity index (χ3n) is 3.52. The number of nitrogens with two attached hydrogens (primary N) is 2. The average Bonchev–Trinajstić information content (AvgIpc) is 2.33. The maximum absolute atomic E-state index is 11.3. The first-order chi connectivity index (χ1) is 8.49. The molecule has 1 saturated heterocycles. The van der Waals surface area contributed by atoms with E-state index in [1.807, 2.05) is 6.92 Å². The van der Waals surface area contributed by atoms with Crippen molar-refractivity contribution < 1.29 is 4.79 Å².